The molecular weight excluding hydrogens is 234 g/mol. The molecule has 1 rings (SSSR count). The summed E-state index contributed by atoms with van der Waals surface area (Å²) in [7, 11) is 0. The van der Waals surface area contributed by atoms with Crippen molar-refractivity contribution in [2.45, 2.75) is 66.2 Å². The molecule has 0 saturated heterocycles. The first-order valence-corrected chi connectivity index (χ1v) is 8.21. The summed E-state index contributed by atoms with van der Waals surface area (Å²) in [6.45, 7) is 10.7. The third-order valence-corrected chi connectivity index (χ3v) is 4.57. The first kappa shape index (κ1) is 16.7. The summed E-state index contributed by atoms with van der Waals surface area (Å²) >= 11 is 0. The quantitative estimate of drug-likeness (QED) is 0.672. The van der Waals surface area contributed by atoms with Crippen LogP contribution < -0.4 is 5.32 Å². The molecule has 0 aromatic heterocycles. The average Bonchev–Trinajstić information content (AvgIpc) is 2.35. The third-order valence-electron chi connectivity index (χ3n) is 4.57. The van der Waals surface area contributed by atoms with Crippen molar-refractivity contribution in [2.24, 2.45) is 23.7 Å². The van der Waals surface area contributed by atoms with Crippen molar-refractivity contribution in [3.8, 4) is 0 Å². The molecule has 0 bridgehead atoms. The Kier molecular flexibility index (Phi) is 7.67. The summed E-state index contributed by atoms with van der Waals surface area (Å²) in [6.07, 6.45) is 7.15. The Hall–Kier alpha value is -0.370. The Labute approximate surface area is 119 Å². The maximum atomic E-state index is 11.9. The molecule has 0 spiro atoms. The molecule has 0 heterocycles. The first-order valence-electron chi connectivity index (χ1n) is 8.21. The number of Topliss-reactive ketones (excluding diaryl/α,β-unsaturated/α-hetero) is 1. The van der Waals surface area contributed by atoms with Gasteiger partial charge in [-0.15, -0.1) is 0 Å². The van der Waals surface area contributed by atoms with E-state index in [9.17, 15) is 4.79 Å². The van der Waals surface area contributed by atoms with E-state index in [0.29, 0.717) is 24.2 Å². The molecular formula is C17H33NO. The molecule has 1 aliphatic rings. The van der Waals surface area contributed by atoms with E-state index in [1.807, 2.05) is 0 Å². The highest BCUT2D eigenvalue weighted by molar-refractivity contribution is 5.80. The summed E-state index contributed by atoms with van der Waals surface area (Å²) in [5, 5.41) is 3.28. The van der Waals surface area contributed by atoms with Crippen LogP contribution in [-0.4, -0.2) is 18.9 Å². The van der Waals surface area contributed by atoms with Crippen LogP contribution in [-0.2, 0) is 4.79 Å². The number of rotatable bonds is 8. The second-order valence-electron chi connectivity index (χ2n) is 7.13. The molecule has 2 heteroatoms. The standard InChI is InChI=1S/C17H33NO/c1-13(2)9-10-18-12-17(19)11-15-5-7-16(8-6-15)14(3)4/h13-16,18H,5-12H2,1-4H3. The summed E-state index contributed by atoms with van der Waals surface area (Å²) < 4.78 is 0. The van der Waals surface area contributed by atoms with Gasteiger partial charge in [-0.2, -0.15) is 0 Å². The normalized spacial score (nSPS) is 24.1. The fraction of sp³-hybridized carbons (Fsp3) is 0.941. The number of carbonyl (C=O) groups is 1. The van der Waals surface area contributed by atoms with Crippen LogP contribution in [0.3, 0.4) is 0 Å². The molecule has 2 nitrogen and oxygen atoms in total. The van der Waals surface area contributed by atoms with E-state index < -0.39 is 0 Å². The van der Waals surface area contributed by atoms with Crippen LogP contribution in [0.4, 0.5) is 0 Å². The van der Waals surface area contributed by atoms with Crippen LogP contribution in [0.1, 0.15) is 66.2 Å². The van der Waals surface area contributed by atoms with Gasteiger partial charge in [0.25, 0.3) is 0 Å². The minimum Gasteiger partial charge on any atom is -0.310 e. The van der Waals surface area contributed by atoms with Gasteiger partial charge in [-0.1, -0.05) is 27.7 Å². The Morgan fingerprint density at radius 2 is 1.74 bits per heavy atom. The van der Waals surface area contributed by atoms with Crippen molar-refractivity contribution in [1.82, 2.24) is 5.32 Å². The molecule has 1 aliphatic carbocycles. The lowest BCUT2D eigenvalue weighted by atomic mass is 9.75. The molecule has 0 atom stereocenters. The van der Waals surface area contributed by atoms with Gasteiger partial charge in [0.15, 0.2) is 0 Å². The molecule has 0 aromatic rings. The van der Waals surface area contributed by atoms with Gasteiger partial charge in [-0.25, -0.2) is 0 Å². The number of ketones is 1. The second-order valence-corrected chi connectivity index (χ2v) is 7.13. The van der Waals surface area contributed by atoms with Crippen LogP contribution in [0.15, 0.2) is 0 Å². The van der Waals surface area contributed by atoms with Crippen molar-refractivity contribution in [2.75, 3.05) is 13.1 Å². The molecule has 0 amide bonds. The van der Waals surface area contributed by atoms with Crippen LogP contribution in [0.2, 0.25) is 0 Å². The molecule has 0 aromatic carbocycles. The number of hydrogen-bond donors (Lipinski definition) is 1. The summed E-state index contributed by atoms with van der Waals surface area (Å²) in [5.41, 5.74) is 0. The van der Waals surface area contributed by atoms with Crippen LogP contribution >= 0.6 is 0 Å². The Morgan fingerprint density at radius 3 is 2.26 bits per heavy atom. The van der Waals surface area contributed by atoms with Gasteiger partial charge in [0, 0.05) is 6.42 Å². The lowest BCUT2D eigenvalue weighted by Crippen LogP contribution is -2.27. The highest BCUT2D eigenvalue weighted by atomic mass is 16.1. The van der Waals surface area contributed by atoms with Crippen molar-refractivity contribution >= 4 is 5.78 Å². The number of hydrogen-bond acceptors (Lipinski definition) is 2. The molecule has 1 N–H and O–H groups in total. The van der Waals surface area contributed by atoms with Gasteiger partial charge in [-0.3, -0.25) is 4.79 Å². The highest BCUT2D eigenvalue weighted by Gasteiger charge is 2.24. The number of nitrogens with one attached hydrogen (secondary N) is 1. The van der Waals surface area contributed by atoms with E-state index in [-0.39, 0.29) is 0 Å². The largest absolute Gasteiger partial charge is 0.310 e. The lowest BCUT2D eigenvalue weighted by Gasteiger charge is -2.30. The van der Waals surface area contributed by atoms with Gasteiger partial charge < -0.3 is 5.32 Å². The summed E-state index contributed by atoms with van der Waals surface area (Å²) in [6, 6.07) is 0. The smallest absolute Gasteiger partial charge is 0.146 e. The monoisotopic (exact) mass is 267 g/mol. The predicted octanol–water partition coefficient (Wildman–Crippen LogP) is 4.04. The number of carbonyl (C=O) groups excluding carboxylic acids is 1. The first-order chi connectivity index (χ1) is 8.99. The van der Waals surface area contributed by atoms with Gasteiger partial charge >= 0.3 is 0 Å². The minimum absolute atomic E-state index is 0.414. The zero-order valence-electron chi connectivity index (χ0n) is 13.4. The van der Waals surface area contributed by atoms with E-state index in [1.165, 1.54) is 25.7 Å². The van der Waals surface area contributed by atoms with E-state index in [1.54, 1.807) is 0 Å². The topological polar surface area (TPSA) is 29.1 Å². The maximum Gasteiger partial charge on any atom is 0.146 e. The fourth-order valence-corrected chi connectivity index (χ4v) is 3.07. The van der Waals surface area contributed by atoms with E-state index in [4.69, 9.17) is 0 Å². The highest BCUT2D eigenvalue weighted by Crippen LogP contribution is 2.34. The third kappa shape index (κ3) is 7.10. The Balaban J connectivity index is 2.10. The average molecular weight is 267 g/mol. The van der Waals surface area contributed by atoms with Gasteiger partial charge in [0.05, 0.1) is 6.54 Å². The molecule has 19 heavy (non-hydrogen) atoms. The molecule has 0 unspecified atom stereocenters. The van der Waals surface area contributed by atoms with Crippen molar-refractivity contribution in [3.05, 3.63) is 0 Å². The lowest BCUT2D eigenvalue weighted by molar-refractivity contribution is -0.119. The SMILES string of the molecule is CC(C)CCNCC(=O)CC1CCC(C(C)C)CC1. The van der Waals surface area contributed by atoms with E-state index in [2.05, 4.69) is 33.0 Å². The molecule has 0 aliphatic heterocycles. The van der Waals surface area contributed by atoms with Gasteiger partial charge in [-0.05, 0) is 62.3 Å². The van der Waals surface area contributed by atoms with Crippen LogP contribution in [0, 0.1) is 23.7 Å². The van der Waals surface area contributed by atoms with Gasteiger partial charge in [0.1, 0.15) is 5.78 Å². The van der Waals surface area contributed by atoms with Crippen LogP contribution in [0.5, 0.6) is 0 Å². The second kappa shape index (κ2) is 8.73. The molecule has 0 radical (unpaired) electrons. The Morgan fingerprint density at radius 1 is 1.11 bits per heavy atom. The zero-order valence-corrected chi connectivity index (χ0v) is 13.4. The minimum atomic E-state index is 0.414. The van der Waals surface area contributed by atoms with E-state index in [0.717, 1.165) is 31.2 Å². The zero-order chi connectivity index (χ0) is 14.3. The van der Waals surface area contributed by atoms with Gasteiger partial charge in [0.2, 0.25) is 0 Å². The molecule has 1 fully saturated rings. The van der Waals surface area contributed by atoms with Crippen molar-refractivity contribution in [3.63, 3.8) is 0 Å². The van der Waals surface area contributed by atoms with Crippen molar-refractivity contribution < 1.29 is 4.79 Å². The Bertz CT molecular complexity index is 252. The van der Waals surface area contributed by atoms with Crippen molar-refractivity contribution in [1.29, 1.82) is 0 Å². The van der Waals surface area contributed by atoms with E-state index >= 15 is 0 Å². The summed E-state index contributed by atoms with van der Waals surface area (Å²) in [4.78, 5) is 11.9. The fourth-order valence-electron chi connectivity index (χ4n) is 3.07. The molecule has 112 valence electrons. The summed E-state index contributed by atoms with van der Waals surface area (Å²) in [5.74, 6) is 3.50. The molecule has 1 saturated carbocycles. The van der Waals surface area contributed by atoms with Crippen LogP contribution in [0.25, 0.3) is 0 Å². The maximum absolute atomic E-state index is 11.9. The predicted molar refractivity (Wildman–Crippen MR) is 82.2 cm³/mol.